The van der Waals surface area contributed by atoms with Gasteiger partial charge in [-0.05, 0) is 41.9 Å². The van der Waals surface area contributed by atoms with Gasteiger partial charge in [0.25, 0.3) is 5.91 Å². The van der Waals surface area contributed by atoms with Crippen LogP contribution in [-0.4, -0.2) is 23.7 Å². The molecule has 0 bridgehead atoms. The Morgan fingerprint density at radius 3 is 2.40 bits per heavy atom. The standard InChI is InChI=1S/C11H14BrNO2/c1-11(2,15)10(14)13(3)9-7-5-4-6-8(9)12/h4-7,15H,1-3H3. The van der Waals surface area contributed by atoms with E-state index in [9.17, 15) is 9.90 Å². The van der Waals surface area contributed by atoms with Crippen LogP contribution in [0.25, 0.3) is 0 Å². The maximum atomic E-state index is 11.8. The van der Waals surface area contributed by atoms with E-state index in [-0.39, 0.29) is 5.91 Å². The molecule has 1 rings (SSSR count). The zero-order chi connectivity index (χ0) is 11.6. The first kappa shape index (κ1) is 12.2. The molecule has 3 nitrogen and oxygen atoms in total. The third kappa shape index (κ3) is 2.79. The molecule has 0 saturated heterocycles. The van der Waals surface area contributed by atoms with E-state index < -0.39 is 5.60 Å². The largest absolute Gasteiger partial charge is 0.381 e. The van der Waals surface area contributed by atoms with Crippen molar-refractivity contribution in [2.24, 2.45) is 0 Å². The van der Waals surface area contributed by atoms with E-state index in [4.69, 9.17) is 0 Å². The average molecular weight is 272 g/mol. The zero-order valence-corrected chi connectivity index (χ0v) is 10.6. The number of para-hydroxylation sites is 1. The fraction of sp³-hybridized carbons (Fsp3) is 0.364. The molecule has 4 heteroatoms. The van der Waals surface area contributed by atoms with E-state index >= 15 is 0 Å². The molecular formula is C11H14BrNO2. The summed E-state index contributed by atoms with van der Waals surface area (Å²) in [7, 11) is 1.64. The molecule has 0 atom stereocenters. The lowest BCUT2D eigenvalue weighted by Gasteiger charge is -2.25. The van der Waals surface area contributed by atoms with Crippen LogP contribution in [0.15, 0.2) is 28.7 Å². The molecule has 0 radical (unpaired) electrons. The summed E-state index contributed by atoms with van der Waals surface area (Å²) < 4.78 is 0.824. The van der Waals surface area contributed by atoms with E-state index in [0.29, 0.717) is 0 Å². The number of anilines is 1. The van der Waals surface area contributed by atoms with E-state index in [1.165, 1.54) is 18.7 Å². The highest BCUT2D eigenvalue weighted by Gasteiger charge is 2.28. The van der Waals surface area contributed by atoms with E-state index in [1.807, 2.05) is 24.3 Å². The summed E-state index contributed by atoms with van der Waals surface area (Å²) in [5, 5.41) is 9.60. The Balaban J connectivity index is 3.01. The minimum absolute atomic E-state index is 0.339. The summed E-state index contributed by atoms with van der Waals surface area (Å²) in [5.41, 5.74) is -0.617. The molecule has 1 amide bonds. The monoisotopic (exact) mass is 271 g/mol. The van der Waals surface area contributed by atoms with Crippen LogP contribution in [0.5, 0.6) is 0 Å². The highest BCUT2D eigenvalue weighted by atomic mass is 79.9. The highest BCUT2D eigenvalue weighted by molar-refractivity contribution is 9.10. The van der Waals surface area contributed by atoms with Crippen LogP contribution >= 0.6 is 15.9 Å². The van der Waals surface area contributed by atoms with Crippen LogP contribution in [0.1, 0.15) is 13.8 Å². The van der Waals surface area contributed by atoms with Crippen molar-refractivity contribution in [1.29, 1.82) is 0 Å². The van der Waals surface area contributed by atoms with Crippen molar-refractivity contribution >= 4 is 27.5 Å². The summed E-state index contributed by atoms with van der Waals surface area (Å²) in [5.74, 6) is -0.339. The summed E-state index contributed by atoms with van der Waals surface area (Å²) in [6.45, 7) is 2.95. The van der Waals surface area contributed by atoms with Crippen molar-refractivity contribution in [1.82, 2.24) is 0 Å². The molecule has 0 aromatic heterocycles. The predicted octanol–water partition coefficient (Wildman–Crippen LogP) is 2.18. The van der Waals surface area contributed by atoms with Crippen LogP contribution in [-0.2, 0) is 4.79 Å². The van der Waals surface area contributed by atoms with Gasteiger partial charge in [0.05, 0.1) is 5.69 Å². The van der Waals surface area contributed by atoms with Crippen LogP contribution in [0.4, 0.5) is 5.69 Å². The van der Waals surface area contributed by atoms with Gasteiger partial charge < -0.3 is 10.0 Å². The molecule has 0 aliphatic carbocycles. The Hall–Kier alpha value is -0.870. The summed E-state index contributed by atoms with van der Waals surface area (Å²) >= 11 is 3.36. The number of amides is 1. The average Bonchev–Trinajstić information content (AvgIpc) is 2.15. The fourth-order valence-electron chi connectivity index (χ4n) is 1.24. The maximum absolute atomic E-state index is 11.8. The molecule has 1 N–H and O–H groups in total. The lowest BCUT2D eigenvalue weighted by molar-refractivity contribution is -0.133. The minimum atomic E-state index is -1.36. The number of aliphatic hydroxyl groups is 1. The minimum Gasteiger partial charge on any atom is -0.381 e. The number of carbonyl (C=O) groups is 1. The van der Waals surface area contributed by atoms with Gasteiger partial charge in [0, 0.05) is 11.5 Å². The van der Waals surface area contributed by atoms with Gasteiger partial charge in [-0.25, -0.2) is 0 Å². The van der Waals surface area contributed by atoms with Crippen LogP contribution in [0.3, 0.4) is 0 Å². The molecule has 0 aliphatic heterocycles. The van der Waals surface area contributed by atoms with Crippen molar-refractivity contribution < 1.29 is 9.90 Å². The second-order valence-electron chi connectivity index (χ2n) is 3.87. The number of rotatable bonds is 2. The van der Waals surface area contributed by atoms with Gasteiger partial charge >= 0.3 is 0 Å². The number of likely N-dealkylation sites (N-methyl/N-ethyl adjacent to an activating group) is 1. The van der Waals surface area contributed by atoms with Crippen molar-refractivity contribution in [3.63, 3.8) is 0 Å². The van der Waals surface area contributed by atoms with Crippen molar-refractivity contribution in [3.05, 3.63) is 28.7 Å². The Morgan fingerprint density at radius 1 is 1.40 bits per heavy atom. The van der Waals surface area contributed by atoms with Crippen molar-refractivity contribution in [3.8, 4) is 0 Å². The van der Waals surface area contributed by atoms with E-state index in [0.717, 1.165) is 10.2 Å². The SMILES string of the molecule is CN(C(=O)C(C)(C)O)c1ccccc1Br. The first-order valence-corrected chi connectivity index (χ1v) is 5.38. The van der Waals surface area contributed by atoms with Gasteiger partial charge in [0.1, 0.15) is 5.60 Å². The lowest BCUT2D eigenvalue weighted by Crippen LogP contribution is -2.43. The molecule has 0 fully saturated rings. The second-order valence-corrected chi connectivity index (χ2v) is 4.73. The third-order valence-corrected chi connectivity index (χ3v) is 2.71. The third-order valence-electron chi connectivity index (χ3n) is 2.04. The highest BCUT2D eigenvalue weighted by Crippen LogP contribution is 2.26. The molecule has 0 spiro atoms. The quantitative estimate of drug-likeness (QED) is 0.896. The Morgan fingerprint density at radius 2 is 1.93 bits per heavy atom. The van der Waals surface area contributed by atoms with Crippen LogP contribution in [0.2, 0.25) is 0 Å². The molecule has 0 heterocycles. The van der Waals surface area contributed by atoms with Crippen molar-refractivity contribution in [2.75, 3.05) is 11.9 Å². The van der Waals surface area contributed by atoms with Gasteiger partial charge in [-0.3, -0.25) is 4.79 Å². The van der Waals surface area contributed by atoms with Gasteiger partial charge in [0.2, 0.25) is 0 Å². The van der Waals surface area contributed by atoms with Crippen LogP contribution in [0, 0.1) is 0 Å². The van der Waals surface area contributed by atoms with Gasteiger partial charge in [-0.1, -0.05) is 12.1 Å². The molecule has 0 aliphatic rings. The Bertz CT molecular complexity index is 371. The summed E-state index contributed by atoms with van der Waals surface area (Å²) in [4.78, 5) is 13.2. The van der Waals surface area contributed by atoms with E-state index in [2.05, 4.69) is 15.9 Å². The normalized spacial score (nSPS) is 11.3. The number of hydrogen-bond donors (Lipinski definition) is 1. The van der Waals surface area contributed by atoms with Gasteiger partial charge in [-0.2, -0.15) is 0 Å². The molecule has 82 valence electrons. The van der Waals surface area contributed by atoms with Crippen molar-refractivity contribution in [2.45, 2.75) is 19.4 Å². The first-order chi connectivity index (χ1) is 6.84. The smallest absolute Gasteiger partial charge is 0.258 e. The zero-order valence-electron chi connectivity index (χ0n) is 8.99. The number of nitrogens with zero attached hydrogens (tertiary/aromatic N) is 1. The number of hydrogen-bond acceptors (Lipinski definition) is 2. The van der Waals surface area contributed by atoms with Gasteiger partial charge in [-0.15, -0.1) is 0 Å². The number of halogens is 1. The second kappa shape index (κ2) is 4.33. The first-order valence-electron chi connectivity index (χ1n) is 4.59. The summed E-state index contributed by atoms with van der Waals surface area (Å²) in [6, 6.07) is 7.38. The molecule has 0 saturated carbocycles. The molecule has 15 heavy (non-hydrogen) atoms. The number of benzene rings is 1. The predicted molar refractivity (Wildman–Crippen MR) is 63.8 cm³/mol. The summed E-state index contributed by atoms with van der Waals surface area (Å²) in [6.07, 6.45) is 0. The maximum Gasteiger partial charge on any atom is 0.258 e. The molecule has 1 aromatic carbocycles. The molecule has 1 aromatic rings. The Kier molecular flexibility index (Phi) is 3.52. The van der Waals surface area contributed by atoms with Crippen LogP contribution < -0.4 is 4.90 Å². The lowest BCUT2D eigenvalue weighted by atomic mass is 10.1. The number of carbonyl (C=O) groups excluding carboxylic acids is 1. The molecular weight excluding hydrogens is 258 g/mol. The Labute approximate surface area is 97.8 Å². The fourth-order valence-corrected chi connectivity index (χ4v) is 1.79. The topological polar surface area (TPSA) is 40.5 Å². The molecule has 0 unspecified atom stereocenters. The van der Waals surface area contributed by atoms with Gasteiger partial charge in [0.15, 0.2) is 0 Å². The van der Waals surface area contributed by atoms with E-state index in [1.54, 1.807) is 7.05 Å².